The van der Waals surface area contributed by atoms with E-state index in [-0.39, 0.29) is 12.1 Å². The Hall–Kier alpha value is -0.810. The number of hydrogen-bond acceptors (Lipinski definition) is 3. The minimum atomic E-state index is 0.0738. The maximum absolute atomic E-state index is 12.3. The zero-order valence-corrected chi connectivity index (χ0v) is 12.0. The molecule has 110 valence electrons. The second kappa shape index (κ2) is 7.70. The predicted octanol–water partition coefficient (Wildman–Crippen LogP) is 1.34. The molecule has 0 aromatic carbocycles. The molecule has 2 N–H and O–H groups in total. The molecular weight excluding hydrogens is 242 g/mol. The first-order valence-corrected chi connectivity index (χ1v) is 7.66. The van der Waals surface area contributed by atoms with Crippen molar-refractivity contribution in [1.82, 2.24) is 15.5 Å². The largest absolute Gasteiger partial charge is 0.379 e. The molecule has 2 atom stereocenters. The van der Waals surface area contributed by atoms with Crippen molar-refractivity contribution in [3.05, 3.63) is 0 Å². The lowest BCUT2D eigenvalue weighted by Gasteiger charge is -2.31. The summed E-state index contributed by atoms with van der Waals surface area (Å²) in [5.41, 5.74) is 0. The van der Waals surface area contributed by atoms with Gasteiger partial charge in [0.2, 0.25) is 0 Å². The van der Waals surface area contributed by atoms with Gasteiger partial charge in [0.25, 0.3) is 0 Å². The summed E-state index contributed by atoms with van der Waals surface area (Å²) in [6, 6.07) is 0.738. The Kier molecular flexibility index (Phi) is 5.92. The Balaban J connectivity index is 1.80. The zero-order valence-electron chi connectivity index (χ0n) is 12.0. The Morgan fingerprint density at radius 1 is 1.42 bits per heavy atom. The summed E-state index contributed by atoms with van der Waals surface area (Å²) in [6.07, 6.45) is 5.65. The molecule has 5 nitrogen and oxygen atoms in total. The van der Waals surface area contributed by atoms with Gasteiger partial charge in [0, 0.05) is 25.7 Å². The van der Waals surface area contributed by atoms with Crippen LogP contribution in [0.15, 0.2) is 0 Å². The van der Waals surface area contributed by atoms with E-state index in [1.54, 1.807) is 0 Å². The van der Waals surface area contributed by atoms with Crippen LogP contribution in [0.4, 0.5) is 4.79 Å². The van der Waals surface area contributed by atoms with Crippen LogP contribution in [-0.4, -0.2) is 55.9 Å². The highest BCUT2D eigenvalue weighted by Crippen LogP contribution is 2.10. The first kappa shape index (κ1) is 14.6. The smallest absolute Gasteiger partial charge is 0.317 e. The standard InChI is InChI=1S/C14H27N3O2/c1-2-8-17(10-12-5-3-4-7-15-12)14(18)16-13-6-9-19-11-13/h12-13,15H,2-11H2,1H3,(H,16,18). The summed E-state index contributed by atoms with van der Waals surface area (Å²) < 4.78 is 5.30. The van der Waals surface area contributed by atoms with Crippen LogP contribution in [0.5, 0.6) is 0 Å². The Morgan fingerprint density at radius 2 is 2.32 bits per heavy atom. The molecular formula is C14H27N3O2. The Morgan fingerprint density at radius 3 is 2.95 bits per heavy atom. The molecule has 2 saturated heterocycles. The van der Waals surface area contributed by atoms with Crippen LogP contribution in [0.2, 0.25) is 0 Å². The number of nitrogens with one attached hydrogen (secondary N) is 2. The van der Waals surface area contributed by atoms with E-state index in [0.717, 1.165) is 39.1 Å². The molecule has 0 radical (unpaired) electrons. The third kappa shape index (κ3) is 4.66. The molecule has 0 spiro atoms. The number of carbonyl (C=O) groups is 1. The highest BCUT2D eigenvalue weighted by molar-refractivity contribution is 5.74. The molecule has 2 fully saturated rings. The van der Waals surface area contributed by atoms with E-state index >= 15 is 0 Å². The molecule has 0 aromatic heterocycles. The van der Waals surface area contributed by atoms with Gasteiger partial charge >= 0.3 is 6.03 Å². The van der Waals surface area contributed by atoms with Gasteiger partial charge in [-0.3, -0.25) is 0 Å². The summed E-state index contributed by atoms with van der Waals surface area (Å²) in [6.45, 7) is 6.29. The van der Waals surface area contributed by atoms with Gasteiger partial charge in [0.15, 0.2) is 0 Å². The average molecular weight is 269 g/mol. The summed E-state index contributed by atoms with van der Waals surface area (Å²) in [4.78, 5) is 14.3. The summed E-state index contributed by atoms with van der Waals surface area (Å²) in [7, 11) is 0. The molecule has 2 unspecified atom stereocenters. The fourth-order valence-corrected chi connectivity index (χ4v) is 2.81. The van der Waals surface area contributed by atoms with Crippen LogP contribution in [0, 0.1) is 0 Å². The molecule has 0 aromatic rings. The summed E-state index contributed by atoms with van der Waals surface area (Å²) >= 11 is 0. The molecule has 2 heterocycles. The third-order valence-corrected chi connectivity index (χ3v) is 3.89. The van der Waals surface area contributed by atoms with E-state index < -0.39 is 0 Å². The van der Waals surface area contributed by atoms with Gasteiger partial charge in [-0.15, -0.1) is 0 Å². The number of urea groups is 1. The second-order valence-corrected chi connectivity index (χ2v) is 5.60. The topological polar surface area (TPSA) is 53.6 Å². The van der Waals surface area contributed by atoms with Gasteiger partial charge in [-0.2, -0.15) is 0 Å². The lowest BCUT2D eigenvalue weighted by molar-refractivity contribution is 0.172. The van der Waals surface area contributed by atoms with Gasteiger partial charge in [-0.05, 0) is 32.2 Å². The first-order valence-electron chi connectivity index (χ1n) is 7.66. The van der Waals surface area contributed by atoms with Gasteiger partial charge in [0.1, 0.15) is 0 Å². The van der Waals surface area contributed by atoms with Crippen LogP contribution in [0.1, 0.15) is 39.0 Å². The SMILES string of the molecule is CCCN(CC1CCCCN1)C(=O)NC1CCOC1. The van der Waals surface area contributed by atoms with Crippen LogP contribution in [0.25, 0.3) is 0 Å². The van der Waals surface area contributed by atoms with Gasteiger partial charge in [0.05, 0.1) is 12.6 Å². The van der Waals surface area contributed by atoms with Crippen molar-refractivity contribution in [1.29, 1.82) is 0 Å². The fourth-order valence-electron chi connectivity index (χ4n) is 2.81. The minimum Gasteiger partial charge on any atom is -0.379 e. The number of nitrogens with zero attached hydrogens (tertiary/aromatic N) is 1. The molecule has 0 bridgehead atoms. The Labute approximate surface area is 116 Å². The lowest BCUT2D eigenvalue weighted by atomic mass is 10.0. The Bertz CT molecular complexity index is 274. The van der Waals surface area contributed by atoms with Crippen LogP contribution in [-0.2, 0) is 4.74 Å². The van der Waals surface area contributed by atoms with Crippen LogP contribution in [0.3, 0.4) is 0 Å². The summed E-state index contributed by atoms with van der Waals surface area (Å²) in [5.74, 6) is 0. The first-order chi connectivity index (χ1) is 9.29. The van der Waals surface area contributed by atoms with Crippen molar-refractivity contribution in [2.45, 2.75) is 51.1 Å². The number of rotatable bonds is 5. The van der Waals surface area contributed by atoms with Crippen molar-refractivity contribution in [2.24, 2.45) is 0 Å². The molecule has 5 heteroatoms. The van der Waals surface area contributed by atoms with Crippen molar-refractivity contribution < 1.29 is 9.53 Å². The molecule has 2 aliphatic rings. The third-order valence-electron chi connectivity index (χ3n) is 3.89. The highest BCUT2D eigenvalue weighted by Gasteiger charge is 2.23. The number of piperidine rings is 1. The summed E-state index contributed by atoms with van der Waals surface area (Å²) in [5, 5.41) is 6.60. The predicted molar refractivity (Wildman–Crippen MR) is 75.3 cm³/mol. The van der Waals surface area contributed by atoms with Crippen LogP contribution < -0.4 is 10.6 Å². The zero-order chi connectivity index (χ0) is 13.5. The van der Waals surface area contributed by atoms with Crippen molar-refractivity contribution in [3.63, 3.8) is 0 Å². The molecule has 19 heavy (non-hydrogen) atoms. The maximum Gasteiger partial charge on any atom is 0.317 e. The lowest BCUT2D eigenvalue weighted by Crippen LogP contribution is -2.51. The fraction of sp³-hybridized carbons (Fsp3) is 0.929. The van der Waals surface area contributed by atoms with E-state index in [1.807, 2.05) is 4.90 Å². The number of hydrogen-bond donors (Lipinski definition) is 2. The van der Waals surface area contributed by atoms with E-state index in [1.165, 1.54) is 19.3 Å². The van der Waals surface area contributed by atoms with Gasteiger partial charge in [-0.25, -0.2) is 4.79 Å². The van der Waals surface area contributed by atoms with E-state index in [2.05, 4.69) is 17.6 Å². The number of amides is 2. The highest BCUT2D eigenvalue weighted by atomic mass is 16.5. The monoisotopic (exact) mass is 269 g/mol. The molecule has 2 aliphatic heterocycles. The van der Waals surface area contributed by atoms with Gasteiger partial charge < -0.3 is 20.3 Å². The van der Waals surface area contributed by atoms with Crippen molar-refractivity contribution >= 4 is 6.03 Å². The molecule has 2 amide bonds. The van der Waals surface area contributed by atoms with E-state index in [0.29, 0.717) is 12.6 Å². The van der Waals surface area contributed by atoms with Crippen LogP contribution >= 0.6 is 0 Å². The maximum atomic E-state index is 12.3. The second-order valence-electron chi connectivity index (χ2n) is 5.60. The number of carbonyl (C=O) groups excluding carboxylic acids is 1. The van der Waals surface area contributed by atoms with Gasteiger partial charge in [-0.1, -0.05) is 13.3 Å². The van der Waals surface area contributed by atoms with Crippen molar-refractivity contribution in [3.8, 4) is 0 Å². The molecule has 0 saturated carbocycles. The minimum absolute atomic E-state index is 0.0738. The molecule has 0 aliphatic carbocycles. The van der Waals surface area contributed by atoms with E-state index in [4.69, 9.17) is 4.74 Å². The quantitative estimate of drug-likeness (QED) is 0.792. The van der Waals surface area contributed by atoms with Crippen molar-refractivity contribution in [2.75, 3.05) is 32.8 Å². The molecule has 2 rings (SSSR count). The normalized spacial score (nSPS) is 27.2. The van der Waals surface area contributed by atoms with E-state index in [9.17, 15) is 4.79 Å². The average Bonchev–Trinajstić information content (AvgIpc) is 2.92. The number of ether oxygens (including phenoxy) is 1.